The summed E-state index contributed by atoms with van der Waals surface area (Å²) in [5, 5.41) is 13.8. The smallest absolute Gasteiger partial charge is 0.383 e. The molecule has 1 spiro atoms. The fourth-order valence-electron chi connectivity index (χ4n) is 4.05. The molecule has 1 saturated carbocycles. The third kappa shape index (κ3) is 2.40. The van der Waals surface area contributed by atoms with Crippen LogP contribution in [0.1, 0.15) is 48.4 Å². The molecule has 0 unspecified atom stereocenters. The lowest BCUT2D eigenvalue weighted by molar-refractivity contribution is -0.222. The van der Waals surface area contributed by atoms with Gasteiger partial charge in [0.05, 0.1) is 30.5 Å². The van der Waals surface area contributed by atoms with Gasteiger partial charge in [0.1, 0.15) is 18.4 Å². The summed E-state index contributed by atoms with van der Waals surface area (Å²) in [6.45, 7) is -0.289. The quantitative estimate of drug-likeness (QED) is 0.755. The summed E-state index contributed by atoms with van der Waals surface area (Å²) in [7, 11) is 0. The van der Waals surface area contributed by atoms with Crippen LogP contribution in [0.4, 0.5) is 26.3 Å². The van der Waals surface area contributed by atoms with Crippen LogP contribution in [-0.4, -0.2) is 46.6 Å². The number of alkyl halides is 6. The molecule has 1 N–H and O–H groups in total. The molecule has 2 aliphatic carbocycles. The first-order valence-electron chi connectivity index (χ1n) is 8.25. The van der Waals surface area contributed by atoms with Gasteiger partial charge in [0.15, 0.2) is 11.9 Å². The number of halogens is 6. The molecule has 5 nitrogen and oxygen atoms in total. The highest BCUT2D eigenvalue weighted by Crippen LogP contribution is 2.55. The van der Waals surface area contributed by atoms with Gasteiger partial charge in [-0.15, -0.1) is 0 Å². The summed E-state index contributed by atoms with van der Waals surface area (Å²) < 4.78 is 93.5. The Kier molecular flexibility index (Phi) is 4.05. The highest BCUT2D eigenvalue weighted by molar-refractivity contribution is 5.42. The van der Waals surface area contributed by atoms with Crippen molar-refractivity contribution >= 4 is 0 Å². The van der Waals surface area contributed by atoms with Gasteiger partial charge in [0.25, 0.3) is 0 Å². The van der Waals surface area contributed by atoms with E-state index < -0.39 is 66.0 Å². The Morgan fingerprint density at radius 2 is 1.73 bits per heavy atom. The lowest BCUT2D eigenvalue weighted by atomic mass is 9.92. The van der Waals surface area contributed by atoms with Crippen LogP contribution >= 0.6 is 0 Å². The molecular weight excluding hydrogens is 370 g/mol. The van der Waals surface area contributed by atoms with Crippen LogP contribution in [0, 0.1) is 0 Å². The summed E-state index contributed by atoms with van der Waals surface area (Å²) in [5.74, 6) is -2.38. The standard InChI is InChI=1S/C15H16F6N2O3/c16-7-2-1-6(5-8(7)17)23-10-9(13(22-23)15(19,20)21)14(12(18)11(10)24)25-3-4-26-14/h6-8,11-12,24H,1-5H2/t6-,7-,8+,11-,12-/m1/s1. The maximum absolute atomic E-state index is 14.7. The number of aliphatic hydroxyl groups is 1. The average molecular weight is 386 g/mol. The van der Waals surface area contributed by atoms with Gasteiger partial charge >= 0.3 is 6.18 Å². The van der Waals surface area contributed by atoms with Gasteiger partial charge in [-0.2, -0.15) is 18.3 Å². The second kappa shape index (κ2) is 5.83. The number of aromatic nitrogens is 2. The van der Waals surface area contributed by atoms with Crippen molar-refractivity contribution in [3.8, 4) is 0 Å². The summed E-state index contributed by atoms with van der Waals surface area (Å²) in [5.41, 5.74) is -2.59. The number of rotatable bonds is 1. The Morgan fingerprint density at radius 1 is 1.08 bits per heavy atom. The van der Waals surface area contributed by atoms with Crippen molar-refractivity contribution < 1.29 is 40.9 Å². The van der Waals surface area contributed by atoms with E-state index >= 15 is 0 Å². The zero-order valence-corrected chi connectivity index (χ0v) is 13.3. The highest BCUT2D eigenvalue weighted by Gasteiger charge is 2.64. The lowest BCUT2D eigenvalue weighted by Gasteiger charge is -2.29. The first kappa shape index (κ1) is 18.1. The van der Waals surface area contributed by atoms with Crippen molar-refractivity contribution in [2.24, 2.45) is 0 Å². The van der Waals surface area contributed by atoms with E-state index in [1.165, 1.54) is 0 Å². The number of nitrogens with zero attached hydrogens (tertiary/aromatic N) is 2. The SMILES string of the molecule is O[C@@H]1c2c(c(C(F)(F)F)nn2[C@@H]2CC[C@@H](F)[C@@H](F)C2)C2(OCCO2)[C@@H]1F. The van der Waals surface area contributed by atoms with E-state index in [2.05, 4.69) is 5.10 Å². The van der Waals surface area contributed by atoms with E-state index in [0.29, 0.717) is 0 Å². The zero-order valence-electron chi connectivity index (χ0n) is 13.3. The van der Waals surface area contributed by atoms with Gasteiger partial charge in [0.2, 0.25) is 5.79 Å². The van der Waals surface area contributed by atoms with E-state index in [1.807, 2.05) is 0 Å². The van der Waals surface area contributed by atoms with Crippen molar-refractivity contribution in [3.05, 3.63) is 17.0 Å². The largest absolute Gasteiger partial charge is 0.435 e. The number of aliphatic hydroxyl groups excluding tert-OH is 1. The maximum atomic E-state index is 14.7. The molecule has 1 saturated heterocycles. The Hall–Kier alpha value is -1.33. The van der Waals surface area contributed by atoms with E-state index in [9.17, 15) is 31.4 Å². The third-order valence-electron chi connectivity index (χ3n) is 5.21. The molecular formula is C15H16F6N2O3. The van der Waals surface area contributed by atoms with Crippen LogP contribution in [0.15, 0.2) is 0 Å². The van der Waals surface area contributed by atoms with Crippen molar-refractivity contribution in [1.29, 1.82) is 0 Å². The predicted octanol–water partition coefficient (Wildman–Crippen LogP) is 2.89. The maximum Gasteiger partial charge on any atom is 0.435 e. The van der Waals surface area contributed by atoms with Gasteiger partial charge in [0, 0.05) is 6.42 Å². The minimum atomic E-state index is -4.96. The molecule has 0 radical (unpaired) electrons. The van der Waals surface area contributed by atoms with E-state index in [1.54, 1.807) is 0 Å². The molecule has 26 heavy (non-hydrogen) atoms. The van der Waals surface area contributed by atoms with Gasteiger partial charge in [-0.3, -0.25) is 4.68 Å². The summed E-state index contributed by atoms with van der Waals surface area (Å²) >= 11 is 0. The fourth-order valence-corrected chi connectivity index (χ4v) is 4.05. The van der Waals surface area contributed by atoms with Crippen LogP contribution in [0.5, 0.6) is 0 Å². The molecule has 1 aliphatic heterocycles. The fraction of sp³-hybridized carbons (Fsp3) is 0.800. The molecule has 2 fully saturated rings. The molecule has 11 heteroatoms. The summed E-state index contributed by atoms with van der Waals surface area (Å²) in [6.07, 6.45) is -13.4. The molecule has 5 atom stereocenters. The van der Waals surface area contributed by atoms with Crippen molar-refractivity contribution in [2.75, 3.05) is 13.2 Å². The monoisotopic (exact) mass is 386 g/mol. The molecule has 2 heterocycles. The molecule has 1 aromatic rings. The Balaban J connectivity index is 1.86. The summed E-state index contributed by atoms with van der Waals surface area (Å²) in [6, 6.07) is -0.930. The highest BCUT2D eigenvalue weighted by atomic mass is 19.4. The number of hydrogen-bond donors (Lipinski definition) is 1. The topological polar surface area (TPSA) is 56.5 Å². The van der Waals surface area contributed by atoms with E-state index in [4.69, 9.17) is 9.47 Å². The van der Waals surface area contributed by atoms with Gasteiger partial charge in [-0.1, -0.05) is 0 Å². The molecule has 146 valence electrons. The molecule has 0 amide bonds. The average Bonchev–Trinajstić information content (AvgIpc) is 3.24. The lowest BCUT2D eigenvalue weighted by Crippen LogP contribution is -2.37. The number of fused-ring (bicyclic) bond motifs is 2. The number of ether oxygens (including phenoxy) is 2. The van der Waals surface area contributed by atoms with Crippen LogP contribution in [-0.2, 0) is 21.4 Å². The Bertz CT molecular complexity index is 702. The molecule has 0 aromatic carbocycles. The molecule has 3 aliphatic rings. The van der Waals surface area contributed by atoms with Crippen molar-refractivity contribution in [3.63, 3.8) is 0 Å². The molecule has 0 bridgehead atoms. The van der Waals surface area contributed by atoms with Crippen LogP contribution < -0.4 is 0 Å². The molecule has 1 aromatic heterocycles. The second-order valence-corrected chi connectivity index (χ2v) is 6.76. The predicted molar refractivity (Wildman–Crippen MR) is 73.3 cm³/mol. The van der Waals surface area contributed by atoms with Crippen LogP contribution in [0.2, 0.25) is 0 Å². The zero-order chi connectivity index (χ0) is 18.9. The van der Waals surface area contributed by atoms with Gasteiger partial charge < -0.3 is 14.6 Å². The minimum Gasteiger partial charge on any atom is -0.383 e. The normalized spacial score (nSPS) is 36.7. The first-order chi connectivity index (χ1) is 12.2. The van der Waals surface area contributed by atoms with Gasteiger partial charge in [-0.05, 0) is 12.8 Å². The first-order valence-corrected chi connectivity index (χ1v) is 8.25. The molecule has 4 rings (SSSR count). The van der Waals surface area contributed by atoms with Gasteiger partial charge in [-0.25, -0.2) is 13.2 Å². The minimum absolute atomic E-state index is 0.0192. The van der Waals surface area contributed by atoms with Crippen molar-refractivity contribution in [2.45, 2.75) is 61.9 Å². The second-order valence-electron chi connectivity index (χ2n) is 6.76. The van der Waals surface area contributed by atoms with E-state index in [0.717, 1.165) is 4.68 Å². The van der Waals surface area contributed by atoms with Crippen LogP contribution in [0.3, 0.4) is 0 Å². The number of hydrogen-bond acceptors (Lipinski definition) is 4. The Morgan fingerprint density at radius 3 is 2.31 bits per heavy atom. The Labute approximate surface area is 143 Å². The van der Waals surface area contributed by atoms with E-state index in [-0.39, 0.29) is 26.1 Å². The van der Waals surface area contributed by atoms with Crippen LogP contribution in [0.25, 0.3) is 0 Å². The third-order valence-corrected chi connectivity index (χ3v) is 5.21. The van der Waals surface area contributed by atoms with Crippen molar-refractivity contribution in [1.82, 2.24) is 9.78 Å². The summed E-state index contributed by atoms with van der Waals surface area (Å²) in [4.78, 5) is 0.